The molecule has 0 aromatic heterocycles. The molecule has 1 aliphatic rings. The molecule has 1 heterocycles. The highest BCUT2D eigenvalue weighted by Gasteiger charge is 2.37. The average molecular weight is 320 g/mol. The minimum absolute atomic E-state index is 0.134. The Labute approximate surface area is 121 Å². The number of hydrogen-bond acceptors (Lipinski definition) is 5. The molecule has 2 rings (SSSR count). The zero-order valence-electron chi connectivity index (χ0n) is 10.7. The van der Waals surface area contributed by atoms with Crippen molar-refractivity contribution in [2.24, 2.45) is 0 Å². The first-order valence-electron chi connectivity index (χ1n) is 6.01. The van der Waals surface area contributed by atoms with Crippen molar-refractivity contribution in [2.45, 2.75) is 17.9 Å². The molecule has 1 saturated heterocycles. The molecule has 1 aromatic carbocycles. The number of nitro groups is 1. The molecule has 0 radical (unpaired) electrons. The second kappa shape index (κ2) is 5.65. The molecule has 7 nitrogen and oxygen atoms in total. The molecule has 1 aromatic rings. The Morgan fingerprint density at radius 1 is 1.50 bits per heavy atom. The summed E-state index contributed by atoms with van der Waals surface area (Å²) in [5.74, 6) is 0. The van der Waals surface area contributed by atoms with Crippen molar-refractivity contribution in [3.05, 3.63) is 33.3 Å². The fourth-order valence-electron chi connectivity index (χ4n) is 2.19. The highest BCUT2D eigenvalue weighted by atomic mass is 35.5. The number of hydrogen-bond donors (Lipinski definition) is 1. The SMILES string of the molecule is CC1CNCCN1S(=O)(=O)c1c(Cl)cccc1[N+](=O)[O-]. The summed E-state index contributed by atoms with van der Waals surface area (Å²) in [6.45, 7) is 3.00. The van der Waals surface area contributed by atoms with Crippen LogP contribution in [0.2, 0.25) is 5.02 Å². The van der Waals surface area contributed by atoms with Gasteiger partial charge in [0.1, 0.15) is 0 Å². The van der Waals surface area contributed by atoms with Crippen LogP contribution in [0.4, 0.5) is 5.69 Å². The summed E-state index contributed by atoms with van der Waals surface area (Å²) >= 11 is 5.90. The summed E-state index contributed by atoms with van der Waals surface area (Å²) in [5.41, 5.74) is -0.497. The first kappa shape index (κ1) is 15.2. The molecule has 1 fully saturated rings. The average Bonchev–Trinajstić information content (AvgIpc) is 2.38. The maximum absolute atomic E-state index is 12.7. The number of halogens is 1. The van der Waals surface area contributed by atoms with Crippen LogP contribution in [0, 0.1) is 10.1 Å². The lowest BCUT2D eigenvalue weighted by molar-refractivity contribution is -0.387. The van der Waals surface area contributed by atoms with Crippen LogP contribution in [0.3, 0.4) is 0 Å². The monoisotopic (exact) mass is 319 g/mol. The smallest absolute Gasteiger partial charge is 0.290 e. The molecule has 0 amide bonds. The summed E-state index contributed by atoms with van der Waals surface area (Å²) in [6, 6.07) is 3.56. The van der Waals surface area contributed by atoms with Crippen LogP contribution in [0.25, 0.3) is 0 Å². The second-order valence-corrected chi connectivity index (χ2v) is 6.75. The van der Waals surface area contributed by atoms with E-state index in [2.05, 4.69) is 5.32 Å². The lowest BCUT2D eigenvalue weighted by atomic mass is 10.3. The van der Waals surface area contributed by atoms with Crippen molar-refractivity contribution in [3.8, 4) is 0 Å². The van der Waals surface area contributed by atoms with E-state index < -0.39 is 25.5 Å². The van der Waals surface area contributed by atoms with Crippen molar-refractivity contribution >= 4 is 27.3 Å². The molecule has 110 valence electrons. The molecule has 1 unspecified atom stereocenters. The number of rotatable bonds is 3. The minimum Gasteiger partial charge on any atom is -0.314 e. The highest BCUT2D eigenvalue weighted by molar-refractivity contribution is 7.89. The van der Waals surface area contributed by atoms with Gasteiger partial charge in [-0.25, -0.2) is 8.42 Å². The number of nitrogens with one attached hydrogen (secondary N) is 1. The Kier molecular flexibility index (Phi) is 4.28. The number of nitro benzene ring substituents is 1. The fraction of sp³-hybridized carbons (Fsp3) is 0.455. The third-order valence-electron chi connectivity index (χ3n) is 3.15. The van der Waals surface area contributed by atoms with Gasteiger partial charge in [0, 0.05) is 31.7 Å². The highest BCUT2D eigenvalue weighted by Crippen LogP contribution is 2.34. The van der Waals surface area contributed by atoms with Crippen LogP contribution in [0.5, 0.6) is 0 Å². The molecule has 0 saturated carbocycles. The van der Waals surface area contributed by atoms with Gasteiger partial charge in [-0.05, 0) is 13.0 Å². The van der Waals surface area contributed by atoms with Gasteiger partial charge in [0.05, 0.1) is 9.95 Å². The molecule has 9 heteroatoms. The lowest BCUT2D eigenvalue weighted by Gasteiger charge is -2.32. The Hall–Kier alpha value is -1.22. The quantitative estimate of drug-likeness (QED) is 0.668. The van der Waals surface area contributed by atoms with Crippen molar-refractivity contribution in [1.29, 1.82) is 0 Å². The number of sulfonamides is 1. The van der Waals surface area contributed by atoms with Gasteiger partial charge in [-0.1, -0.05) is 17.7 Å². The lowest BCUT2D eigenvalue weighted by Crippen LogP contribution is -2.52. The molecule has 1 atom stereocenters. The predicted octanol–water partition coefficient (Wildman–Crippen LogP) is 1.23. The Morgan fingerprint density at radius 3 is 2.80 bits per heavy atom. The maximum Gasteiger partial charge on any atom is 0.290 e. The van der Waals surface area contributed by atoms with E-state index in [0.29, 0.717) is 13.1 Å². The van der Waals surface area contributed by atoms with Crippen molar-refractivity contribution in [2.75, 3.05) is 19.6 Å². The van der Waals surface area contributed by atoms with E-state index >= 15 is 0 Å². The van der Waals surface area contributed by atoms with E-state index in [9.17, 15) is 18.5 Å². The van der Waals surface area contributed by atoms with E-state index in [-0.39, 0.29) is 17.6 Å². The van der Waals surface area contributed by atoms with Crippen LogP contribution in [0.15, 0.2) is 23.1 Å². The third kappa shape index (κ3) is 2.64. The minimum atomic E-state index is -4.00. The maximum atomic E-state index is 12.7. The van der Waals surface area contributed by atoms with E-state index in [1.54, 1.807) is 6.92 Å². The van der Waals surface area contributed by atoms with Gasteiger partial charge >= 0.3 is 0 Å². The van der Waals surface area contributed by atoms with Gasteiger partial charge in [-0.3, -0.25) is 10.1 Å². The molecule has 1 N–H and O–H groups in total. The van der Waals surface area contributed by atoms with E-state index in [0.717, 1.165) is 6.07 Å². The normalized spacial score (nSPS) is 20.8. The van der Waals surface area contributed by atoms with Crippen LogP contribution in [0.1, 0.15) is 6.92 Å². The molecule has 0 spiro atoms. The molecule has 1 aliphatic heterocycles. The van der Waals surface area contributed by atoms with Crippen molar-refractivity contribution in [3.63, 3.8) is 0 Å². The summed E-state index contributed by atoms with van der Waals surface area (Å²) in [5, 5.41) is 14.0. The van der Waals surface area contributed by atoms with Gasteiger partial charge < -0.3 is 5.32 Å². The number of piperazine rings is 1. The largest absolute Gasteiger partial charge is 0.314 e. The first-order valence-corrected chi connectivity index (χ1v) is 7.83. The van der Waals surface area contributed by atoms with E-state index in [1.165, 1.54) is 16.4 Å². The summed E-state index contributed by atoms with van der Waals surface area (Å²) in [6.07, 6.45) is 0. The summed E-state index contributed by atoms with van der Waals surface area (Å²) in [7, 11) is -4.00. The van der Waals surface area contributed by atoms with Gasteiger partial charge in [0.2, 0.25) is 0 Å². The van der Waals surface area contributed by atoms with E-state index in [4.69, 9.17) is 11.6 Å². The Bertz CT molecular complexity index is 635. The molecule has 0 aliphatic carbocycles. The first-order chi connectivity index (χ1) is 9.35. The van der Waals surface area contributed by atoms with Crippen molar-refractivity contribution < 1.29 is 13.3 Å². The van der Waals surface area contributed by atoms with Gasteiger partial charge in [-0.2, -0.15) is 4.31 Å². The van der Waals surface area contributed by atoms with Crippen LogP contribution < -0.4 is 5.32 Å². The fourth-order valence-corrected chi connectivity index (χ4v) is 4.49. The number of nitrogens with zero attached hydrogens (tertiary/aromatic N) is 2. The standard InChI is InChI=1S/C11H14ClN3O4S/c1-8-7-13-5-6-14(8)20(18,19)11-9(12)3-2-4-10(11)15(16)17/h2-4,8,13H,5-7H2,1H3. The van der Waals surface area contributed by atoms with Gasteiger partial charge in [0.25, 0.3) is 15.7 Å². The Morgan fingerprint density at radius 2 is 2.20 bits per heavy atom. The molecular weight excluding hydrogens is 306 g/mol. The second-order valence-electron chi connectivity index (χ2n) is 4.51. The zero-order valence-corrected chi connectivity index (χ0v) is 12.3. The molecular formula is C11H14ClN3O4S. The van der Waals surface area contributed by atoms with Gasteiger partial charge in [0.15, 0.2) is 4.90 Å². The van der Waals surface area contributed by atoms with Crippen LogP contribution in [-0.4, -0.2) is 43.3 Å². The van der Waals surface area contributed by atoms with Crippen LogP contribution in [-0.2, 0) is 10.0 Å². The number of benzene rings is 1. The zero-order chi connectivity index (χ0) is 14.9. The Balaban J connectivity index is 2.57. The summed E-state index contributed by atoms with van der Waals surface area (Å²) in [4.78, 5) is 9.88. The van der Waals surface area contributed by atoms with Crippen LogP contribution >= 0.6 is 11.6 Å². The predicted molar refractivity (Wildman–Crippen MR) is 74.3 cm³/mol. The van der Waals surface area contributed by atoms with E-state index in [1.807, 2.05) is 0 Å². The topological polar surface area (TPSA) is 92.6 Å². The van der Waals surface area contributed by atoms with Gasteiger partial charge in [-0.15, -0.1) is 0 Å². The summed E-state index contributed by atoms with van der Waals surface area (Å²) < 4.78 is 26.6. The molecule has 0 bridgehead atoms. The third-order valence-corrected chi connectivity index (χ3v) is 5.68. The molecule has 20 heavy (non-hydrogen) atoms. The van der Waals surface area contributed by atoms with Crippen molar-refractivity contribution in [1.82, 2.24) is 9.62 Å².